The van der Waals surface area contributed by atoms with Gasteiger partial charge in [-0.1, -0.05) is 33.6 Å². The van der Waals surface area contributed by atoms with Crippen LogP contribution in [-0.2, 0) is 6.54 Å². The van der Waals surface area contributed by atoms with E-state index in [9.17, 15) is 0 Å². The quantitative estimate of drug-likeness (QED) is 0.866. The summed E-state index contributed by atoms with van der Waals surface area (Å²) in [5.74, 6) is 0.825. The van der Waals surface area contributed by atoms with Gasteiger partial charge in [0.1, 0.15) is 0 Å². The van der Waals surface area contributed by atoms with Crippen molar-refractivity contribution in [1.29, 1.82) is 0 Å². The number of piperidine rings is 1. The van der Waals surface area contributed by atoms with Crippen molar-refractivity contribution in [3.63, 3.8) is 0 Å². The normalized spacial score (nSPS) is 16.4. The largest absolute Gasteiger partial charge is 0.317 e. The standard InChI is InChI=1S/C14H20BrClN2.ClH/c1-18(9-11-4-6-17-7-5-11)10-12-2-3-13(15)8-14(12)16;/h2-3,8,11,17H,4-7,9-10H2,1H3;1H. The Labute approximate surface area is 135 Å². The van der Waals surface area contributed by atoms with Crippen molar-refractivity contribution >= 4 is 39.9 Å². The summed E-state index contributed by atoms with van der Waals surface area (Å²) < 4.78 is 1.04. The van der Waals surface area contributed by atoms with Crippen molar-refractivity contribution in [2.45, 2.75) is 19.4 Å². The van der Waals surface area contributed by atoms with Crippen LogP contribution >= 0.6 is 39.9 Å². The molecule has 5 heteroatoms. The maximum Gasteiger partial charge on any atom is 0.0462 e. The molecule has 1 fully saturated rings. The first-order valence-corrected chi connectivity index (χ1v) is 7.65. The molecule has 19 heavy (non-hydrogen) atoms. The molecule has 1 aliphatic rings. The van der Waals surface area contributed by atoms with Crippen LogP contribution in [0.15, 0.2) is 22.7 Å². The van der Waals surface area contributed by atoms with Crippen LogP contribution in [0.3, 0.4) is 0 Å². The van der Waals surface area contributed by atoms with Gasteiger partial charge in [0.2, 0.25) is 0 Å². The fraction of sp³-hybridized carbons (Fsp3) is 0.571. The summed E-state index contributed by atoms with van der Waals surface area (Å²) in [6, 6.07) is 6.13. The summed E-state index contributed by atoms with van der Waals surface area (Å²) in [5, 5.41) is 4.26. The first-order chi connectivity index (χ1) is 8.65. The van der Waals surface area contributed by atoms with E-state index in [4.69, 9.17) is 11.6 Å². The molecule has 108 valence electrons. The van der Waals surface area contributed by atoms with Gasteiger partial charge in [0.05, 0.1) is 0 Å². The lowest BCUT2D eigenvalue weighted by Gasteiger charge is -2.27. The summed E-state index contributed by atoms with van der Waals surface area (Å²) in [6.07, 6.45) is 2.58. The molecule has 1 heterocycles. The third-order valence-electron chi connectivity index (χ3n) is 3.48. The van der Waals surface area contributed by atoms with Gasteiger partial charge in [0, 0.05) is 22.6 Å². The van der Waals surface area contributed by atoms with E-state index < -0.39 is 0 Å². The van der Waals surface area contributed by atoms with Crippen molar-refractivity contribution in [1.82, 2.24) is 10.2 Å². The lowest BCUT2D eigenvalue weighted by atomic mass is 9.97. The lowest BCUT2D eigenvalue weighted by Crippen LogP contribution is -2.34. The van der Waals surface area contributed by atoms with E-state index in [1.54, 1.807) is 0 Å². The number of benzene rings is 1. The SMILES string of the molecule is CN(Cc1ccc(Br)cc1Cl)CC1CCNCC1.Cl. The van der Waals surface area contributed by atoms with E-state index in [1.165, 1.54) is 18.4 Å². The molecule has 1 aromatic carbocycles. The van der Waals surface area contributed by atoms with E-state index >= 15 is 0 Å². The molecule has 0 aromatic heterocycles. The molecule has 0 bridgehead atoms. The second-order valence-electron chi connectivity index (χ2n) is 5.13. The van der Waals surface area contributed by atoms with E-state index in [1.807, 2.05) is 6.07 Å². The van der Waals surface area contributed by atoms with Crippen molar-refractivity contribution in [3.8, 4) is 0 Å². The van der Waals surface area contributed by atoms with E-state index in [0.29, 0.717) is 0 Å². The van der Waals surface area contributed by atoms with Crippen LogP contribution in [0.5, 0.6) is 0 Å². The van der Waals surface area contributed by atoms with E-state index in [-0.39, 0.29) is 12.4 Å². The number of nitrogens with one attached hydrogen (secondary N) is 1. The van der Waals surface area contributed by atoms with E-state index in [0.717, 1.165) is 41.6 Å². The third-order valence-corrected chi connectivity index (χ3v) is 4.33. The fourth-order valence-electron chi connectivity index (χ4n) is 2.51. The highest BCUT2D eigenvalue weighted by molar-refractivity contribution is 9.10. The average molecular weight is 368 g/mol. The van der Waals surface area contributed by atoms with E-state index in [2.05, 4.69) is 45.3 Å². The van der Waals surface area contributed by atoms with Gasteiger partial charge < -0.3 is 10.2 Å². The van der Waals surface area contributed by atoms with Crippen LogP contribution in [0, 0.1) is 5.92 Å². The van der Waals surface area contributed by atoms with Gasteiger partial charge in [0.15, 0.2) is 0 Å². The molecule has 0 unspecified atom stereocenters. The molecule has 1 aromatic rings. The minimum atomic E-state index is 0. The molecule has 0 amide bonds. The molecule has 0 radical (unpaired) electrons. The number of nitrogens with zero attached hydrogens (tertiary/aromatic N) is 1. The van der Waals surface area contributed by atoms with Gasteiger partial charge in [-0.25, -0.2) is 0 Å². The molecular formula is C14H21BrCl2N2. The number of rotatable bonds is 4. The van der Waals surface area contributed by atoms with Gasteiger partial charge in [-0.2, -0.15) is 0 Å². The maximum atomic E-state index is 6.25. The zero-order chi connectivity index (χ0) is 13.0. The molecule has 0 atom stereocenters. The Morgan fingerprint density at radius 1 is 1.37 bits per heavy atom. The highest BCUT2D eigenvalue weighted by Gasteiger charge is 2.15. The van der Waals surface area contributed by atoms with Gasteiger partial charge in [0.25, 0.3) is 0 Å². The van der Waals surface area contributed by atoms with Gasteiger partial charge in [-0.05, 0) is 56.6 Å². The summed E-state index contributed by atoms with van der Waals surface area (Å²) in [5.41, 5.74) is 1.20. The van der Waals surface area contributed by atoms with Crippen LogP contribution < -0.4 is 5.32 Å². The Morgan fingerprint density at radius 3 is 2.68 bits per heavy atom. The summed E-state index contributed by atoms with van der Waals surface area (Å²) in [6.45, 7) is 4.42. The van der Waals surface area contributed by atoms with Crippen molar-refractivity contribution in [2.24, 2.45) is 5.92 Å². The van der Waals surface area contributed by atoms with Gasteiger partial charge in [-0.3, -0.25) is 0 Å². The molecular weight excluding hydrogens is 347 g/mol. The number of hydrogen-bond acceptors (Lipinski definition) is 2. The van der Waals surface area contributed by atoms with Gasteiger partial charge in [-0.15, -0.1) is 12.4 Å². The minimum Gasteiger partial charge on any atom is -0.317 e. The topological polar surface area (TPSA) is 15.3 Å². The zero-order valence-electron chi connectivity index (χ0n) is 11.2. The molecule has 0 spiro atoms. The number of halogens is 3. The molecule has 2 nitrogen and oxygen atoms in total. The Kier molecular flexibility index (Phi) is 7.70. The first kappa shape index (κ1) is 17.3. The average Bonchev–Trinajstić information content (AvgIpc) is 2.34. The Morgan fingerprint density at radius 2 is 2.05 bits per heavy atom. The van der Waals surface area contributed by atoms with Gasteiger partial charge >= 0.3 is 0 Å². The van der Waals surface area contributed by atoms with Crippen LogP contribution in [0.2, 0.25) is 5.02 Å². The van der Waals surface area contributed by atoms with Crippen molar-refractivity contribution in [2.75, 3.05) is 26.7 Å². The monoisotopic (exact) mass is 366 g/mol. The molecule has 1 N–H and O–H groups in total. The van der Waals surface area contributed by atoms with Crippen molar-refractivity contribution < 1.29 is 0 Å². The molecule has 1 aliphatic heterocycles. The third kappa shape index (κ3) is 5.60. The van der Waals surface area contributed by atoms with Crippen molar-refractivity contribution in [3.05, 3.63) is 33.3 Å². The summed E-state index contributed by atoms with van der Waals surface area (Å²) in [4.78, 5) is 2.38. The van der Waals surface area contributed by atoms with Crippen LogP contribution in [0.4, 0.5) is 0 Å². The predicted octanol–water partition coefficient (Wildman–Crippen LogP) is 3.96. The molecule has 0 saturated carbocycles. The Balaban J connectivity index is 0.00000180. The Hall–Kier alpha value is 0.200. The maximum absolute atomic E-state index is 6.25. The number of hydrogen-bond donors (Lipinski definition) is 1. The second kappa shape index (κ2) is 8.48. The molecule has 2 rings (SSSR count). The molecule has 0 aliphatic carbocycles. The lowest BCUT2D eigenvalue weighted by molar-refractivity contribution is 0.234. The second-order valence-corrected chi connectivity index (χ2v) is 6.45. The molecule has 1 saturated heterocycles. The first-order valence-electron chi connectivity index (χ1n) is 6.48. The zero-order valence-corrected chi connectivity index (χ0v) is 14.3. The highest BCUT2D eigenvalue weighted by atomic mass is 79.9. The Bertz CT molecular complexity index is 395. The summed E-state index contributed by atoms with van der Waals surface area (Å²) >= 11 is 9.69. The predicted molar refractivity (Wildman–Crippen MR) is 88.3 cm³/mol. The smallest absolute Gasteiger partial charge is 0.0462 e. The van der Waals surface area contributed by atoms with Crippen LogP contribution in [0.1, 0.15) is 18.4 Å². The van der Waals surface area contributed by atoms with Crippen LogP contribution in [-0.4, -0.2) is 31.6 Å². The highest BCUT2D eigenvalue weighted by Crippen LogP contribution is 2.23. The van der Waals surface area contributed by atoms with Crippen LogP contribution in [0.25, 0.3) is 0 Å². The minimum absolute atomic E-state index is 0. The fourth-order valence-corrected chi connectivity index (χ4v) is 3.24. The summed E-state index contributed by atoms with van der Waals surface area (Å²) in [7, 11) is 2.18.